The highest BCUT2D eigenvalue weighted by atomic mass is 16.5. The molecule has 0 bridgehead atoms. The number of aryl methyl sites for hydroxylation is 4. The van der Waals surface area contributed by atoms with Crippen LogP contribution in [0.4, 0.5) is 0 Å². The molecule has 1 heterocycles. The first kappa shape index (κ1) is 39.0. The van der Waals surface area contributed by atoms with E-state index < -0.39 is 6.10 Å². The number of hydrogen-bond donors (Lipinski definition) is 11. The number of aromatic nitrogens is 1. The minimum Gasteiger partial charge on any atom is -0.491 e. The molecule has 0 aliphatic heterocycles. The van der Waals surface area contributed by atoms with Gasteiger partial charge in [-0.15, -0.1) is 0 Å². The summed E-state index contributed by atoms with van der Waals surface area (Å²) in [6.45, 7) is 30.7. The molecule has 1 saturated carbocycles. The summed E-state index contributed by atoms with van der Waals surface area (Å²) >= 11 is 0. The van der Waals surface area contributed by atoms with Crippen LogP contribution in [-0.4, -0.2) is 198 Å². The number of nitrogens with zero attached hydrogens (tertiary/aromatic N) is 1. The van der Waals surface area contributed by atoms with Crippen molar-refractivity contribution >= 4 is 12.2 Å². The Morgan fingerprint density at radius 1 is 0.366 bits per heavy atom. The van der Waals surface area contributed by atoms with E-state index in [0.29, 0.717) is 77.7 Å². The molecular weight excluding hydrogens is 1830 g/mol. The van der Waals surface area contributed by atoms with Gasteiger partial charge >= 0.3 is 0 Å². The number of benzene rings is 9. The van der Waals surface area contributed by atoms with Crippen molar-refractivity contribution in [3.8, 4) is 69.3 Å². The molecule has 0 spiro atoms. The normalized spacial score (nSPS) is 18.6. The van der Waals surface area contributed by atoms with Crippen molar-refractivity contribution in [1.29, 1.82) is 0 Å². The van der Waals surface area contributed by atoms with E-state index >= 15 is 0 Å². The van der Waals surface area contributed by atoms with Crippen molar-refractivity contribution in [2.24, 2.45) is 11.8 Å². The second-order valence-corrected chi connectivity index (χ2v) is 34.1. The number of rotatable bonds is 54. The maximum Gasteiger partial charge on any atom is 0.140 e. The summed E-state index contributed by atoms with van der Waals surface area (Å²) in [6, 6.07) is 74.9. The summed E-state index contributed by atoms with van der Waals surface area (Å²) in [4.78, 5) is 4.26. The highest BCUT2D eigenvalue weighted by Gasteiger charge is 2.38. The number of aliphatic hydroxyl groups excluding tert-OH is 11. The third-order valence-corrected chi connectivity index (χ3v) is 21.9. The molecule has 1 aliphatic rings. The van der Waals surface area contributed by atoms with Gasteiger partial charge in [0, 0.05) is 365 Å². The maximum absolute atomic E-state index is 9.56. The van der Waals surface area contributed by atoms with Crippen LogP contribution in [0.25, 0.3) is 12.2 Å². The van der Waals surface area contributed by atoms with Crippen LogP contribution < -0.4 is 47.4 Å². The number of para-hydroxylation sites is 9. The molecule has 4 unspecified atom stereocenters. The quantitative estimate of drug-likeness (QED) is 0.0158. The highest BCUT2D eigenvalue weighted by Crippen LogP contribution is 2.52. The molecule has 1 aromatic heterocycles. The molecule has 22 heteroatoms. The Labute approximate surface area is 1220 Å². The topological polar surface area (TPSA) is 328 Å². The van der Waals surface area contributed by atoms with Gasteiger partial charge in [0.05, 0.1) is 82.9 Å². The van der Waals surface area contributed by atoms with Crippen LogP contribution in [0, 0.1) is 23.7 Å². The van der Waals surface area contributed by atoms with Crippen LogP contribution in [0.1, 0.15) is 583 Å². The predicted molar refractivity (Wildman–Crippen MR) is 835 cm³/mol. The lowest BCUT2D eigenvalue weighted by molar-refractivity contribution is 0.122. The lowest BCUT2D eigenvalue weighted by Gasteiger charge is -2.15. The molecule has 1 aliphatic carbocycles. The van der Waals surface area contributed by atoms with Crippen LogP contribution in [0.5, 0.6) is 57.5 Å². The molecule has 0 saturated heterocycles. The summed E-state index contributed by atoms with van der Waals surface area (Å²) in [5.41, 5.74) is 11.2. The van der Waals surface area contributed by atoms with Gasteiger partial charge in [-0.25, -0.2) is 0 Å². The van der Waals surface area contributed by atoms with Crippen molar-refractivity contribution < 1.29 is 439 Å². The van der Waals surface area contributed by atoms with Crippen molar-refractivity contribution in [1.82, 2.24) is 4.98 Å². The molecular formula is C123H407NO21. The largest absolute Gasteiger partial charge is 0.491 e. The molecule has 1030 valence electrons. The van der Waals surface area contributed by atoms with Gasteiger partial charge in [0.2, 0.25) is 0 Å². The standard InChI is InChI=1S/C13H18O2.3C13H20O2.C12H18O3.C12H18O2.2C12H16O2.C12H14O2.C11H17NO2.115H2/c1-2-10-9-12(10)11-5-3-4-6-13(11)15-8-7-14;1-3-11(2)10-12-6-4-5-7-13(12)15-9-8-14;1-3-4-7-12-8-5-6-9-13(12)15-10-11(2)14;1-3-4-7-12-8-5-6-9-13(12)15-11(2)10-14;1-2-11(14)9-10-5-3-4-6-12(10)15-8-7-13;4*1-2-3-6-11-7-4-5-8-12(11)14-10-9-13;1-2-3-5-10-11(14-9-8-13)6-4-7-12-10;;;;;;;;;;;;;;;;;;;;;;;;;;;;;;;;;;;;;;;;;;;;;;;;;;;;;;;;;;;;;;;;;;;;;;;;;;;;;;;;;;;;;;;;;;;;;;;;;;;;;;;;;;;;;;;;;;;/h3-6,10,12,14H,2,7-9H2,1H3;4-7,11,14H,3,8-10H2,1-2H3;2*5-6,8-9,11,14H,3-4,7,10H2,1-2H3;3-6,11,13-14H,2,7-9H2,1H3;4-5,7-8,13H,2-3,6,9-10H2,1H3;2*3-8,13H,2,9-10H2,1H3;4-5,7-8,13H,2,9-10H2,1H3;4,6-7,13H,2-3,5,8-9H2,1H3;115*1H/b;;;;;;6-3+;6-3-;;;;;;;;;;;;;;;;;;;;;;;;;;;;;;;;;;;;;;;;;;;;;;;;;;;;;;;;;;;;;;;;;;;;;;;;;;;;;;;;;;;;;;;;;;;;;;;;;;;;;;;;;;;;;;;;;;;;;/t10-,12-;;;;;;;;;;;;;;;;;;;;;;;;;;;;;;;;;;;;;;;;;;;;;;;;;;;;;;;;;;;;;;;;;;;;;;;;;;;;;;;;;;;;;;;;;;;;;;;;;;;;;;;;;;;;;;;;;;;;;;;;;;;;/m0............................................................................................................................/s1/i;;;;;;;;;;111*1+2T;4*1+2. The molecule has 9 aromatic carbocycles. The summed E-state index contributed by atoms with van der Waals surface area (Å²) in [5.74, 6) is 16.7. The lowest BCUT2D eigenvalue weighted by Crippen LogP contribution is -2.17. The summed E-state index contributed by atoms with van der Waals surface area (Å²) < 4.78 is 1160. The van der Waals surface area contributed by atoms with Gasteiger partial charge in [-0.05, 0) is 221 Å². The third kappa shape index (κ3) is 60.4. The van der Waals surface area contributed by atoms with Crippen molar-refractivity contribution in [2.75, 3.05) is 119 Å². The Morgan fingerprint density at radius 2 is 0.710 bits per heavy atom. The molecule has 145 heavy (non-hydrogen) atoms. The van der Waals surface area contributed by atoms with Gasteiger partial charge in [-0.3, -0.25) is 4.98 Å². The van der Waals surface area contributed by atoms with Crippen LogP contribution in [-0.2, 0) is 38.5 Å². The monoisotopic (exact) mass is 2690 g/mol. The van der Waals surface area contributed by atoms with E-state index in [-0.39, 0.29) is 77.4 Å². The molecule has 22 nitrogen and oxygen atoms in total. The van der Waals surface area contributed by atoms with E-state index in [9.17, 15) is 5.11 Å². The second-order valence-electron chi connectivity index (χ2n) is 34.1. The molecule has 0 radical (unpaired) electrons. The van der Waals surface area contributed by atoms with E-state index in [1.54, 1.807) is 13.1 Å². The van der Waals surface area contributed by atoms with Gasteiger partial charge in [0.15, 0.2) is 0 Å². The fourth-order valence-corrected chi connectivity index (χ4v) is 13.8. The fraction of sp³-hybridized carbons (Fsp3) is 0.472. The Hall–Kier alpha value is -11.3. The van der Waals surface area contributed by atoms with E-state index in [1.165, 1.54) is 85.6 Å². The summed E-state index contributed by atoms with van der Waals surface area (Å²) in [7, 11) is 0. The first-order valence-electron chi connectivity index (χ1n) is 164. The molecule has 11 rings (SSSR count). The van der Waals surface area contributed by atoms with E-state index in [0.717, 1.165) is 162 Å². The van der Waals surface area contributed by atoms with Gasteiger partial charge in [-0.2, -0.15) is 0 Å². The average molecular weight is 2690 g/mol. The second kappa shape index (κ2) is 88.1. The maximum atomic E-state index is 9.56. The highest BCUT2D eigenvalue weighted by molar-refractivity contribution is 5.58. The SMILES string of the molecule is CC/C=C/c1ccccc1OCCO.CC/C=C\c1ccccc1OCCO.CCC#Cc1ccccc1OCCO.CCC(C)Cc1ccccc1OCCO.CCC(O)Cc1ccccc1OCCO.CCCCc1ccccc1OC(C)CO.CCCCc1ccccc1OCC(C)O.CCCCc1ccccc1OCCO.CCCCc1ncccc1OCCO.CC[C@H]1C[C@@H]1c1ccccc1OCCO.[3HH].[3HH].[3HH].[3HH].[3H][3H].[3H][3H].[3H][3H].[3H][3H].[3H][3H].[3H][3H].[3H][3H].[3H][3H].[3H][3H].[3H][3H].[3H][3H].[3H][3H].[3H][3H].[3H][3H].[3H][3H].[3H][3H].[3H][3H].[3H][3H].[3H][3H].[3H][3H].[3H][3H].[3H][3H].[3H][3H].[3H][3H].[3H][3H].[3H][3H].[3H][3H].[3H][3H].[3H][3H].[3H][3H].[3H][3H].[3H][3H].[3H][3H].[3H][3H].[3H][3H].[3H][3H].[3H][3H].[3H][3H].[3H][3H].[3H][3H].[3H][3H].[3H][3H].[3H][3H].[3H][3H].[3H][3H].[3H][3H].[3H][3H].[3H][3H].[3H][3H].[3H][3H].[3H][3H].[3H][3H].[3H][3H].[3H][3H].[3H][3H].[3H][3H].[3H][3H].[3H][3H].[3H][3H].[3H][3H].[3H][3H].[3H][3H].[3H][3H].[3H][3H].[3H][3H].[3H][3H].[3H][3H].[3H][3H].[3H][3H].[3H][3H].[3H][3H].[3H][3H].[3H][3H].[3H][3H].[3H][3H].[3H][3H].[3H][3H].[3H][3H].[3H][3H].[3H][3H].[3H][3H].[3H][3H].[3H][3H].[3H][3H].[3H][3H].[3H][3H].[3H][3H].[3H][3H].[3H][3H].[3H][3H].[3H][3H].[3H][3H].[3H][3H].[3H][3H].[3H][3H].[3H][3H].[3H][3H].[3H][3H].[3H][3H].[3H][3H].[3H][3H].[3H][3H].[3H][3H].[3H][3H].[3H][3H].[3H][3H].[3H][3H].[3H][3H].[3H][3H].[3H][3H].[3H][3H]. The van der Waals surface area contributed by atoms with Gasteiger partial charge in [0.1, 0.15) is 123 Å². The van der Waals surface area contributed by atoms with E-state index in [2.05, 4.69) is 128 Å². The van der Waals surface area contributed by atoms with Gasteiger partial charge in [-0.1, -0.05) is 309 Å². The first-order chi connectivity index (χ1) is 182. The fourth-order valence-electron chi connectivity index (χ4n) is 13.8. The molecule has 0 amide bonds. The summed E-state index contributed by atoms with van der Waals surface area (Å²) in [6.07, 6.45) is 31.5. The number of ether oxygens (including phenoxy) is 10. The zero-order chi connectivity index (χ0) is 328. The van der Waals surface area contributed by atoms with Crippen molar-refractivity contribution in [3.05, 3.63) is 305 Å². The molecule has 6 atom stereocenters. The number of hydrogen-bond acceptors (Lipinski definition) is 22. The molecule has 11 N–H and O–H groups in total. The van der Waals surface area contributed by atoms with Crippen LogP contribution >= 0.6 is 0 Å². The van der Waals surface area contributed by atoms with E-state index in [4.69, 9.17) is 428 Å². The zero-order valence-corrected chi connectivity index (χ0v) is 89.3. The van der Waals surface area contributed by atoms with Crippen LogP contribution in [0.15, 0.2) is 249 Å². The van der Waals surface area contributed by atoms with Gasteiger partial charge < -0.3 is 104 Å². The Balaban J connectivity index is -0.0000000163. The Kier molecular flexibility index (Phi) is 23.7. The first-order valence-corrected chi connectivity index (χ1v) is 52.5. The van der Waals surface area contributed by atoms with Crippen molar-refractivity contribution in [3.63, 3.8) is 0 Å². The third-order valence-electron chi connectivity index (χ3n) is 21.9. The van der Waals surface area contributed by atoms with Crippen LogP contribution in [0.2, 0.25) is 0 Å². The smallest absolute Gasteiger partial charge is 0.140 e. The number of allylic oxidation sites excluding steroid dienone is 2. The Morgan fingerprint density at radius 3 is 1.12 bits per heavy atom. The Bertz CT molecular complexity index is 4960. The van der Waals surface area contributed by atoms with E-state index in [1.807, 2.05) is 227 Å². The number of unbranched alkanes of at least 4 members (excludes halogenated alkanes) is 4. The molecule has 10 aromatic rings. The van der Waals surface area contributed by atoms with Gasteiger partial charge in [0.25, 0.3) is 0 Å². The average Bonchev–Trinajstić information content (AvgIpc) is 1.64. The zero-order valence-electron chi connectivity index (χ0n) is 311. The summed E-state index contributed by atoms with van der Waals surface area (Å²) in [5, 5.41) is 97.0. The lowest BCUT2D eigenvalue weighted by atomic mass is 9.98. The number of aliphatic hydroxyl groups is 11. The minimum absolute atomic E-state index is 0. The predicted octanol–water partition coefficient (Wildman–Crippen LogP) is 51.4. The minimum atomic E-state index is -0.413. The molecule has 1 fully saturated rings. The van der Waals surface area contributed by atoms with Crippen molar-refractivity contribution in [2.45, 2.75) is 249 Å². The van der Waals surface area contributed by atoms with Crippen LogP contribution in [0.3, 0.4) is 0 Å². The number of pyridine rings is 1.